The quantitative estimate of drug-likeness (QED) is 0.514. The Morgan fingerprint density at radius 1 is 0.938 bits per heavy atom. The second-order valence-corrected chi connectivity index (χ2v) is 8.03. The normalized spacial score (nSPS) is 14.6. The lowest BCUT2D eigenvalue weighted by atomic mass is 10.2. The summed E-state index contributed by atoms with van der Waals surface area (Å²) in [5.74, 6) is 1.03. The van der Waals surface area contributed by atoms with Gasteiger partial charge in [-0.05, 0) is 48.0 Å². The predicted octanol–water partition coefficient (Wildman–Crippen LogP) is 2.98. The van der Waals surface area contributed by atoms with Gasteiger partial charge in [0.25, 0.3) is 5.91 Å². The van der Waals surface area contributed by atoms with Gasteiger partial charge in [-0.1, -0.05) is 12.1 Å². The maximum Gasteiger partial charge on any atom is 0.253 e. The van der Waals surface area contributed by atoms with Crippen LogP contribution in [0.15, 0.2) is 79.4 Å². The van der Waals surface area contributed by atoms with Gasteiger partial charge in [-0.2, -0.15) is 0 Å². The van der Waals surface area contributed by atoms with E-state index in [0.717, 1.165) is 49.8 Å². The van der Waals surface area contributed by atoms with Gasteiger partial charge in [0.15, 0.2) is 0 Å². The van der Waals surface area contributed by atoms with E-state index in [2.05, 4.69) is 47.7 Å². The Morgan fingerprint density at radius 3 is 2.59 bits per heavy atom. The summed E-state index contributed by atoms with van der Waals surface area (Å²) in [6.45, 7) is 5.22. The molecule has 0 saturated carbocycles. The van der Waals surface area contributed by atoms with E-state index in [-0.39, 0.29) is 5.91 Å². The van der Waals surface area contributed by atoms with Gasteiger partial charge >= 0.3 is 0 Å². The first-order valence-electron chi connectivity index (χ1n) is 10.9. The molecule has 1 aliphatic heterocycles. The molecule has 32 heavy (non-hydrogen) atoms. The highest BCUT2D eigenvalue weighted by atomic mass is 16.1. The van der Waals surface area contributed by atoms with E-state index in [4.69, 9.17) is 0 Å². The Labute approximate surface area is 187 Å². The molecule has 0 radical (unpaired) electrons. The van der Waals surface area contributed by atoms with E-state index in [1.165, 1.54) is 5.56 Å². The molecule has 5 heterocycles. The van der Waals surface area contributed by atoms with Crippen LogP contribution in [0.1, 0.15) is 21.6 Å². The van der Waals surface area contributed by atoms with Crippen LogP contribution in [0.4, 0.5) is 5.82 Å². The maximum atomic E-state index is 12.7. The third-order valence-electron chi connectivity index (χ3n) is 5.87. The standard InChI is InChI=1S/C25H26N6O/c32-25(28-17-22-5-1-2-11-27-22)21-6-7-23-8-9-24(31(23)19-21)30-14-12-29(13-15-30)18-20-4-3-10-26-16-20/h1-11,16,19H,12-15,17-18H2,(H,28,32). The number of amides is 1. The van der Waals surface area contributed by atoms with Crippen LogP contribution in [0.2, 0.25) is 0 Å². The van der Waals surface area contributed by atoms with Crippen molar-refractivity contribution < 1.29 is 4.79 Å². The molecule has 162 valence electrons. The first-order valence-corrected chi connectivity index (χ1v) is 10.9. The fourth-order valence-electron chi connectivity index (χ4n) is 4.14. The largest absolute Gasteiger partial charge is 0.355 e. The number of hydrogen-bond acceptors (Lipinski definition) is 5. The van der Waals surface area contributed by atoms with Gasteiger partial charge in [0.1, 0.15) is 5.82 Å². The number of piperazine rings is 1. The number of rotatable bonds is 6. The number of carbonyl (C=O) groups excluding carboxylic acids is 1. The van der Waals surface area contributed by atoms with Gasteiger partial charge in [-0.25, -0.2) is 0 Å². The fourth-order valence-corrected chi connectivity index (χ4v) is 4.14. The summed E-state index contributed by atoms with van der Waals surface area (Å²) in [5.41, 5.74) is 3.81. The molecule has 7 nitrogen and oxygen atoms in total. The number of pyridine rings is 3. The number of fused-ring (bicyclic) bond motifs is 1. The molecule has 1 amide bonds. The van der Waals surface area contributed by atoms with E-state index in [1.54, 1.807) is 6.20 Å². The molecule has 1 saturated heterocycles. The van der Waals surface area contributed by atoms with Crippen molar-refractivity contribution in [2.75, 3.05) is 31.1 Å². The highest BCUT2D eigenvalue weighted by Crippen LogP contribution is 2.22. The molecule has 1 fully saturated rings. The smallest absolute Gasteiger partial charge is 0.253 e. The van der Waals surface area contributed by atoms with Gasteiger partial charge in [0.05, 0.1) is 17.8 Å². The molecule has 4 aromatic rings. The molecule has 0 aromatic carbocycles. The molecule has 0 atom stereocenters. The first kappa shape index (κ1) is 20.2. The molecule has 1 aliphatic rings. The zero-order valence-corrected chi connectivity index (χ0v) is 17.9. The molecule has 0 spiro atoms. The third-order valence-corrected chi connectivity index (χ3v) is 5.87. The Bertz CT molecular complexity index is 1180. The Kier molecular flexibility index (Phi) is 5.81. The van der Waals surface area contributed by atoms with Crippen molar-refractivity contribution in [1.29, 1.82) is 0 Å². The van der Waals surface area contributed by atoms with Crippen molar-refractivity contribution in [3.05, 3.63) is 96.2 Å². The average Bonchev–Trinajstić information content (AvgIpc) is 3.28. The minimum Gasteiger partial charge on any atom is -0.355 e. The predicted molar refractivity (Wildman–Crippen MR) is 125 cm³/mol. The summed E-state index contributed by atoms with van der Waals surface area (Å²) < 4.78 is 2.12. The Balaban J connectivity index is 1.25. The first-order chi connectivity index (χ1) is 15.8. The van der Waals surface area contributed by atoms with Crippen LogP contribution in [-0.2, 0) is 13.1 Å². The van der Waals surface area contributed by atoms with Gasteiger partial charge in [-0.15, -0.1) is 0 Å². The van der Waals surface area contributed by atoms with Crippen LogP contribution in [0.25, 0.3) is 5.52 Å². The highest BCUT2D eigenvalue weighted by Gasteiger charge is 2.20. The molecule has 1 N–H and O–H groups in total. The number of nitrogens with zero attached hydrogens (tertiary/aromatic N) is 5. The lowest BCUT2D eigenvalue weighted by Gasteiger charge is -2.35. The van der Waals surface area contributed by atoms with E-state index in [1.807, 2.05) is 55.0 Å². The SMILES string of the molecule is O=C(NCc1ccccn1)c1ccc2ccc(N3CCN(Cc4cccnc4)CC3)n2c1. The van der Waals surface area contributed by atoms with Crippen LogP contribution < -0.4 is 10.2 Å². The van der Waals surface area contributed by atoms with Crippen molar-refractivity contribution in [2.45, 2.75) is 13.1 Å². The summed E-state index contributed by atoms with van der Waals surface area (Å²) in [6.07, 6.45) is 7.41. The summed E-state index contributed by atoms with van der Waals surface area (Å²) in [6, 6.07) is 17.9. The summed E-state index contributed by atoms with van der Waals surface area (Å²) in [4.78, 5) is 26.0. The topological polar surface area (TPSA) is 65.8 Å². The molecule has 4 aromatic heterocycles. The number of aromatic nitrogens is 3. The molecule has 7 heteroatoms. The third kappa shape index (κ3) is 4.48. The zero-order valence-electron chi connectivity index (χ0n) is 17.9. The lowest BCUT2D eigenvalue weighted by Crippen LogP contribution is -2.46. The van der Waals surface area contributed by atoms with E-state index < -0.39 is 0 Å². The Hall–Kier alpha value is -3.71. The zero-order chi connectivity index (χ0) is 21.8. The number of nitrogens with one attached hydrogen (secondary N) is 1. The number of carbonyl (C=O) groups is 1. The van der Waals surface area contributed by atoms with Gasteiger partial charge in [0.2, 0.25) is 0 Å². The van der Waals surface area contributed by atoms with Crippen molar-refractivity contribution in [1.82, 2.24) is 24.6 Å². The lowest BCUT2D eigenvalue weighted by molar-refractivity contribution is 0.0950. The highest BCUT2D eigenvalue weighted by molar-refractivity contribution is 5.94. The minimum absolute atomic E-state index is 0.0986. The van der Waals surface area contributed by atoms with E-state index in [0.29, 0.717) is 12.1 Å². The van der Waals surface area contributed by atoms with E-state index >= 15 is 0 Å². The molecule has 0 unspecified atom stereocenters. The van der Waals surface area contributed by atoms with Crippen LogP contribution in [0.3, 0.4) is 0 Å². The molecular weight excluding hydrogens is 400 g/mol. The van der Waals surface area contributed by atoms with Crippen LogP contribution in [0, 0.1) is 0 Å². The number of anilines is 1. The Morgan fingerprint density at radius 2 is 1.81 bits per heavy atom. The molecule has 0 aliphatic carbocycles. The summed E-state index contributed by atoms with van der Waals surface area (Å²) in [7, 11) is 0. The second kappa shape index (κ2) is 9.20. The van der Waals surface area contributed by atoms with Crippen molar-refractivity contribution in [3.8, 4) is 0 Å². The van der Waals surface area contributed by atoms with Crippen LogP contribution in [-0.4, -0.2) is 51.4 Å². The van der Waals surface area contributed by atoms with Crippen molar-refractivity contribution in [2.24, 2.45) is 0 Å². The van der Waals surface area contributed by atoms with Crippen molar-refractivity contribution >= 4 is 17.2 Å². The van der Waals surface area contributed by atoms with Crippen LogP contribution >= 0.6 is 0 Å². The monoisotopic (exact) mass is 426 g/mol. The van der Waals surface area contributed by atoms with Crippen molar-refractivity contribution in [3.63, 3.8) is 0 Å². The van der Waals surface area contributed by atoms with Gasteiger partial charge < -0.3 is 14.6 Å². The fraction of sp³-hybridized carbons (Fsp3) is 0.240. The van der Waals surface area contributed by atoms with Crippen LogP contribution in [0.5, 0.6) is 0 Å². The minimum atomic E-state index is -0.0986. The molecule has 0 bridgehead atoms. The second-order valence-electron chi connectivity index (χ2n) is 8.03. The average molecular weight is 427 g/mol. The number of hydrogen-bond donors (Lipinski definition) is 1. The maximum absolute atomic E-state index is 12.7. The van der Waals surface area contributed by atoms with E-state index in [9.17, 15) is 4.79 Å². The molecule has 5 rings (SSSR count). The van der Waals surface area contributed by atoms with Gasteiger partial charge in [-0.3, -0.25) is 19.7 Å². The summed E-state index contributed by atoms with van der Waals surface area (Å²) >= 11 is 0. The molecular formula is C25H26N6O. The summed E-state index contributed by atoms with van der Waals surface area (Å²) in [5, 5.41) is 2.96. The van der Waals surface area contributed by atoms with Gasteiger partial charge in [0, 0.05) is 63.0 Å².